The van der Waals surface area contributed by atoms with Crippen LogP contribution in [0.2, 0.25) is 5.02 Å². The van der Waals surface area contributed by atoms with Gasteiger partial charge in [-0.15, -0.1) is 0 Å². The molecule has 0 saturated carbocycles. The average molecular weight is 198 g/mol. The first-order valence-corrected chi connectivity index (χ1v) is 3.79. The molecule has 0 saturated heterocycles. The van der Waals surface area contributed by atoms with Gasteiger partial charge in [-0.05, 0) is 6.07 Å². The van der Waals surface area contributed by atoms with Crippen molar-refractivity contribution in [2.75, 3.05) is 0 Å². The molecule has 0 radical (unpaired) electrons. The van der Waals surface area contributed by atoms with Crippen LogP contribution in [0.5, 0.6) is 0 Å². The number of rotatable bonds is 1. The van der Waals surface area contributed by atoms with Gasteiger partial charge in [0.05, 0.1) is 6.20 Å². The van der Waals surface area contributed by atoms with Crippen molar-refractivity contribution in [1.82, 2.24) is 14.6 Å². The van der Waals surface area contributed by atoms with E-state index in [1.807, 2.05) is 0 Å². The Hall–Kier alpha value is -1.62. The zero-order valence-corrected chi connectivity index (χ0v) is 7.06. The number of hydrogen-bond donors (Lipinski definition) is 1. The predicted octanol–water partition coefficient (Wildman–Crippen LogP) is 1.08. The van der Waals surface area contributed by atoms with Crippen LogP contribution in [-0.2, 0) is 0 Å². The monoisotopic (exact) mass is 197 g/mol. The van der Waals surface area contributed by atoms with Gasteiger partial charge in [-0.2, -0.15) is 5.10 Å². The van der Waals surface area contributed by atoms with E-state index in [0.717, 1.165) is 0 Å². The molecule has 0 aromatic carbocycles. The number of halogens is 1. The molecule has 2 heterocycles. The van der Waals surface area contributed by atoms with Crippen molar-refractivity contribution >= 4 is 23.2 Å². The Morgan fingerprint density at radius 3 is 3.08 bits per heavy atom. The zero-order valence-electron chi connectivity index (χ0n) is 6.31. The number of nitrogens with zero attached hydrogens (tertiary/aromatic N) is 3. The van der Waals surface area contributed by atoms with E-state index in [4.69, 9.17) is 16.7 Å². The van der Waals surface area contributed by atoms with Gasteiger partial charge in [0.15, 0.2) is 11.3 Å². The van der Waals surface area contributed by atoms with Crippen molar-refractivity contribution in [3.8, 4) is 0 Å². The molecule has 2 aromatic rings. The third-order valence-corrected chi connectivity index (χ3v) is 1.84. The number of carboxylic acid groups (broad SMARTS) is 1. The minimum absolute atomic E-state index is 0.0388. The second kappa shape index (κ2) is 2.70. The molecule has 66 valence electrons. The highest BCUT2D eigenvalue weighted by atomic mass is 35.5. The molecule has 6 heteroatoms. The molecule has 0 unspecified atom stereocenters. The van der Waals surface area contributed by atoms with E-state index in [9.17, 15) is 4.79 Å². The van der Waals surface area contributed by atoms with Gasteiger partial charge in [-0.25, -0.2) is 14.3 Å². The molecule has 2 rings (SSSR count). The number of aromatic carboxylic acids is 1. The second-order valence-corrected chi connectivity index (χ2v) is 2.77. The summed E-state index contributed by atoms with van der Waals surface area (Å²) in [5.41, 5.74) is 0.387. The summed E-state index contributed by atoms with van der Waals surface area (Å²) in [7, 11) is 0. The third-order valence-electron chi connectivity index (χ3n) is 1.58. The predicted molar refractivity (Wildman–Crippen MR) is 45.0 cm³/mol. The van der Waals surface area contributed by atoms with Gasteiger partial charge in [0.1, 0.15) is 5.02 Å². The van der Waals surface area contributed by atoms with E-state index in [0.29, 0.717) is 10.7 Å². The van der Waals surface area contributed by atoms with Gasteiger partial charge < -0.3 is 5.11 Å². The van der Waals surface area contributed by atoms with Crippen molar-refractivity contribution in [2.45, 2.75) is 0 Å². The van der Waals surface area contributed by atoms with Crippen LogP contribution in [0, 0.1) is 0 Å². The molecule has 0 fully saturated rings. The van der Waals surface area contributed by atoms with Crippen molar-refractivity contribution in [3.05, 3.63) is 29.2 Å². The topological polar surface area (TPSA) is 67.5 Å². The van der Waals surface area contributed by atoms with Crippen LogP contribution in [0.1, 0.15) is 10.5 Å². The largest absolute Gasteiger partial charge is 0.477 e. The quantitative estimate of drug-likeness (QED) is 0.743. The molecule has 0 amide bonds. The smallest absolute Gasteiger partial charge is 0.354 e. The van der Waals surface area contributed by atoms with Gasteiger partial charge in [0, 0.05) is 6.20 Å². The lowest BCUT2D eigenvalue weighted by atomic mass is 10.4. The molecule has 2 aromatic heterocycles. The summed E-state index contributed by atoms with van der Waals surface area (Å²) in [6.07, 6.45) is 2.74. The molecule has 0 bridgehead atoms. The molecule has 0 spiro atoms. The molecule has 1 N–H and O–H groups in total. The summed E-state index contributed by atoms with van der Waals surface area (Å²) in [5.74, 6) is -1.06. The third kappa shape index (κ3) is 1.13. The van der Waals surface area contributed by atoms with E-state index >= 15 is 0 Å². The number of hydrogen-bond acceptors (Lipinski definition) is 3. The molecule has 0 atom stereocenters. The Bertz CT molecular complexity index is 480. The first kappa shape index (κ1) is 8.00. The minimum Gasteiger partial charge on any atom is -0.477 e. The zero-order chi connectivity index (χ0) is 9.42. The molecule has 0 aliphatic heterocycles. The van der Waals surface area contributed by atoms with Crippen molar-refractivity contribution in [1.29, 1.82) is 0 Å². The highest BCUT2D eigenvalue weighted by molar-refractivity contribution is 6.33. The van der Waals surface area contributed by atoms with Gasteiger partial charge in [-0.3, -0.25) is 0 Å². The minimum atomic E-state index is -1.06. The Morgan fingerprint density at radius 1 is 1.62 bits per heavy atom. The number of carboxylic acids is 1. The van der Waals surface area contributed by atoms with Crippen LogP contribution < -0.4 is 0 Å². The average Bonchev–Trinajstić information content (AvgIpc) is 2.48. The first-order chi connectivity index (χ1) is 6.20. The van der Waals surface area contributed by atoms with Crippen molar-refractivity contribution < 1.29 is 9.90 Å². The standard InChI is InChI=1S/C7H4ClN3O2/c8-4-3-10-11-5(7(12)13)1-2-9-6(4)11/h1-3H,(H,12,13). The molecular weight excluding hydrogens is 194 g/mol. The Morgan fingerprint density at radius 2 is 2.38 bits per heavy atom. The van der Waals surface area contributed by atoms with E-state index in [1.54, 1.807) is 0 Å². The van der Waals surface area contributed by atoms with Gasteiger partial charge in [-0.1, -0.05) is 11.6 Å². The Balaban J connectivity index is 2.84. The van der Waals surface area contributed by atoms with Crippen molar-refractivity contribution in [3.63, 3.8) is 0 Å². The van der Waals surface area contributed by atoms with Gasteiger partial charge >= 0.3 is 5.97 Å². The normalized spacial score (nSPS) is 10.5. The van der Waals surface area contributed by atoms with Crippen LogP contribution in [-0.4, -0.2) is 25.7 Å². The summed E-state index contributed by atoms with van der Waals surface area (Å²) < 4.78 is 1.19. The molecular formula is C7H4ClN3O2. The first-order valence-electron chi connectivity index (χ1n) is 3.41. The lowest BCUT2D eigenvalue weighted by Gasteiger charge is -1.96. The van der Waals surface area contributed by atoms with Gasteiger partial charge in [0.25, 0.3) is 0 Å². The molecule has 13 heavy (non-hydrogen) atoms. The molecule has 0 aliphatic rings. The van der Waals surface area contributed by atoms with Crippen LogP contribution in [0.4, 0.5) is 0 Å². The van der Waals surface area contributed by atoms with Crippen molar-refractivity contribution in [2.24, 2.45) is 0 Å². The summed E-state index contributed by atoms with van der Waals surface area (Å²) >= 11 is 5.71. The number of carbonyl (C=O) groups is 1. The van der Waals surface area contributed by atoms with E-state index < -0.39 is 5.97 Å². The highest BCUT2D eigenvalue weighted by Crippen LogP contribution is 2.14. The van der Waals surface area contributed by atoms with Crippen LogP contribution >= 0.6 is 11.6 Å². The summed E-state index contributed by atoms with van der Waals surface area (Å²) in [6, 6.07) is 1.36. The second-order valence-electron chi connectivity index (χ2n) is 2.36. The SMILES string of the molecule is O=C(O)c1ccnc2c(Cl)cnn12. The number of fused-ring (bicyclic) bond motifs is 1. The maximum atomic E-state index is 10.7. The van der Waals surface area contributed by atoms with Crippen LogP contribution in [0.25, 0.3) is 5.65 Å². The fraction of sp³-hybridized carbons (Fsp3) is 0. The fourth-order valence-electron chi connectivity index (χ4n) is 1.03. The van der Waals surface area contributed by atoms with E-state index in [1.165, 1.54) is 23.0 Å². The lowest BCUT2D eigenvalue weighted by molar-refractivity contribution is 0.0687. The van der Waals surface area contributed by atoms with E-state index in [-0.39, 0.29) is 5.69 Å². The van der Waals surface area contributed by atoms with Crippen LogP contribution in [0.15, 0.2) is 18.5 Å². The summed E-state index contributed by atoms with van der Waals surface area (Å²) in [4.78, 5) is 14.6. The number of aromatic nitrogens is 3. The Labute approximate surface area is 77.6 Å². The molecule has 0 aliphatic carbocycles. The lowest BCUT2D eigenvalue weighted by Crippen LogP contribution is -2.06. The fourth-order valence-corrected chi connectivity index (χ4v) is 1.20. The summed E-state index contributed by atoms with van der Waals surface area (Å²) in [6.45, 7) is 0. The maximum absolute atomic E-state index is 10.7. The van der Waals surface area contributed by atoms with Crippen LogP contribution in [0.3, 0.4) is 0 Å². The summed E-state index contributed by atoms with van der Waals surface area (Å²) in [5, 5.41) is 12.9. The molecule has 5 nitrogen and oxygen atoms in total. The van der Waals surface area contributed by atoms with E-state index in [2.05, 4.69) is 10.1 Å². The maximum Gasteiger partial charge on any atom is 0.354 e. The highest BCUT2D eigenvalue weighted by Gasteiger charge is 2.11. The van der Waals surface area contributed by atoms with Gasteiger partial charge in [0.2, 0.25) is 0 Å². The Kier molecular flexibility index (Phi) is 1.66.